The van der Waals surface area contributed by atoms with Crippen LogP contribution in [0.1, 0.15) is 11.1 Å². The quantitative estimate of drug-likeness (QED) is 0.373. The van der Waals surface area contributed by atoms with Gasteiger partial charge in [-0.25, -0.2) is 4.98 Å². The molecule has 5 rings (SSSR count). The molecule has 9 heteroatoms. The minimum Gasteiger partial charge on any atom is -0.481 e. The lowest BCUT2D eigenvalue weighted by Crippen LogP contribution is -2.30. The number of rotatable bonds is 6. The molecule has 0 atom stereocenters. The fraction of sp³-hybridized carbons (Fsp3) is 0.185. The van der Waals surface area contributed by atoms with Gasteiger partial charge in [0.1, 0.15) is 22.8 Å². The minimum absolute atomic E-state index is 0.289. The Kier molecular flexibility index (Phi) is 6.37. The maximum absolute atomic E-state index is 12.4. The van der Waals surface area contributed by atoms with Crippen LogP contribution in [0.3, 0.4) is 0 Å². The van der Waals surface area contributed by atoms with Gasteiger partial charge in [0.2, 0.25) is 0 Å². The van der Waals surface area contributed by atoms with Gasteiger partial charge in [-0.05, 0) is 60.0 Å². The summed E-state index contributed by atoms with van der Waals surface area (Å²) >= 11 is 0. The van der Waals surface area contributed by atoms with Crippen LogP contribution in [-0.2, 0) is 17.8 Å². The molecule has 0 bridgehead atoms. The Bertz CT molecular complexity index is 1390. The highest BCUT2D eigenvalue weighted by molar-refractivity contribution is 5.92. The third-order valence-electron chi connectivity index (χ3n) is 5.85. The molecular formula is C27H22F3N3O3. The second-order valence-electron chi connectivity index (χ2n) is 8.35. The van der Waals surface area contributed by atoms with Crippen molar-refractivity contribution in [3.05, 3.63) is 90.0 Å². The zero-order valence-electron chi connectivity index (χ0n) is 19.1. The van der Waals surface area contributed by atoms with E-state index in [9.17, 15) is 18.0 Å². The molecule has 4 aromatic rings. The van der Waals surface area contributed by atoms with Crippen LogP contribution < -0.4 is 19.7 Å². The van der Waals surface area contributed by atoms with Crippen LogP contribution in [0.25, 0.3) is 10.9 Å². The zero-order chi connectivity index (χ0) is 25.1. The number of aromatic nitrogens is 1. The zero-order valence-corrected chi connectivity index (χ0v) is 19.1. The fourth-order valence-electron chi connectivity index (χ4n) is 4.17. The molecule has 0 unspecified atom stereocenters. The Morgan fingerprint density at radius 3 is 2.50 bits per heavy atom. The van der Waals surface area contributed by atoms with Gasteiger partial charge in [-0.2, -0.15) is 0 Å². The second kappa shape index (κ2) is 9.77. The monoisotopic (exact) mass is 493 g/mol. The number of carbonyl (C=O) groups is 1. The number of hydrogen-bond acceptors (Lipinski definition) is 5. The van der Waals surface area contributed by atoms with Gasteiger partial charge in [0.05, 0.1) is 0 Å². The van der Waals surface area contributed by atoms with Gasteiger partial charge in [0.25, 0.3) is 5.91 Å². The molecule has 2 heterocycles. The van der Waals surface area contributed by atoms with E-state index in [1.54, 1.807) is 6.07 Å². The lowest BCUT2D eigenvalue weighted by molar-refractivity contribution is -0.274. The van der Waals surface area contributed by atoms with E-state index in [-0.39, 0.29) is 12.4 Å². The van der Waals surface area contributed by atoms with Gasteiger partial charge >= 0.3 is 6.36 Å². The number of amides is 1. The Balaban J connectivity index is 1.26. The first-order chi connectivity index (χ1) is 17.3. The van der Waals surface area contributed by atoms with Crippen molar-refractivity contribution < 1.29 is 27.4 Å². The summed E-state index contributed by atoms with van der Waals surface area (Å²) in [6.45, 7) is 1.34. The Labute approximate surface area is 205 Å². The number of para-hydroxylation sites is 1. The van der Waals surface area contributed by atoms with Crippen LogP contribution in [0.5, 0.6) is 11.5 Å². The summed E-state index contributed by atoms with van der Waals surface area (Å²) in [6.07, 6.45) is -3.83. The largest absolute Gasteiger partial charge is 0.573 e. The van der Waals surface area contributed by atoms with E-state index in [0.717, 1.165) is 42.8 Å². The number of hydrogen-bond donors (Lipinski definition) is 1. The van der Waals surface area contributed by atoms with Crippen LogP contribution in [-0.4, -0.2) is 30.4 Å². The first-order valence-corrected chi connectivity index (χ1v) is 11.3. The number of alkyl halides is 3. The highest BCUT2D eigenvalue weighted by Gasteiger charge is 2.31. The standard InChI is InChI=1S/C27H22F3N3O3/c28-27(29,30)36-22-11-9-21(10-12-22)31-25(34)17-35-23-7-3-6-19-8-13-24(32-26(19)23)33-15-14-18-4-1-2-5-20(18)16-33/h1-13H,14-17H2,(H,31,34). The molecule has 36 heavy (non-hydrogen) atoms. The van der Waals surface area contributed by atoms with E-state index < -0.39 is 12.3 Å². The van der Waals surface area contributed by atoms with E-state index in [1.807, 2.05) is 30.3 Å². The predicted molar refractivity (Wildman–Crippen MR) is 130 cm³/mol. The van der Waals surface area contributed by atoms with Crippen molar-refractivity contribution >= 4 is 28.3 Å². The summed E-state index contributed by atoms with van der Waals surface area (Å²) in [5, 5.41) is 3.48. The number of nitrogens with one attached hydrogen (secondary N) is 1. The molecule has 1 N–H and O–H groups in total. The Hall–Kier alpha value is -4.27. The van der Waals surface area contributed by atoms with Gasteiger partial charge in [-0.15, -0.1) is 13.2 Å². The average molecular weight is 493 g/mol. The smallest absolute Gasteiger partial charge is 0.481 e. The fourth-order valence-corrected chi connectivity index (χ4v) is 4.17. The van der Waals surface area contributed by atoms with Crippen molar-refractivity contribution in [2.45, 2.75) is 19.3 Å². The second-order valence-corrected chi connectivity index (χ2v) is 8.35. The van der Waals surface area contributed by atoms with E-state index in [4.69, 9.17) is 9.72 Å². The van der Waals surface area contributed by atoms with Crippen molar-refractivity contribution in [2.75, 3.05) is 23.4 Å². The molecule has 0 spiro atoms. The molecule has 0 fully saturated rings. The molecular weight excluding hydrogens is 471 g/mol. The third-order valence-corrected chi connectivity index (χ3v) is 5.85. The molecule has 184 valence electrons. The van der Waals surface area contributed by atoms with Gasteiger partial charge < -0.3 is 19.7 Å². The lowest BCUT2D eigenvalue weighted by Gasteiger charge is -2.30. The number of anilines is 2. The molecule has 1 aliphatic heterocycles. The van der Waals surface area contributed by atoms with E-state index >= 15 is 0 Å². The molecule has 1 aromatic heterocycles. The number of halogens is 3. The molecule has 6 nitrogen and oxygen atoms in total. The molecule has 1 amide bonds. The summed E-state index contributed by atoms with van der Waals surface area (Å²) in [6, 6.07) is 22.7. The van der Waals surface area contributed by atoms with Crippen LogP contribution in [0, 0.1) is 0 Å². The molecule has 0 radical (unpaired) electrons. The maximum atomic E-state index is 12.4. The Morgan fingerprint density at radius 1 is 0.944 bits per heavy atom. The van der Waals surface area contributed by atoms with Crippen LogP contribution in [0.15, 0.2) is 78.9 Å². The van der Waals surface area contributed by atoms with Crippen LogP contribution >= 0.6 is 0 Å². The summed E-state index contributed by atoms with van der Waals surface area (Å²) in [7, 11) is 0. The summed E-state index contributed by atoms with van der Waals surface area (Å²) in [5.41, 5.74) is 3.61. The van der Waals surface area contributed by atoms with Crippen molar-refractivity contribution in [1.29, 1.82) is 0 Å². The molecule has 0 saturated heterocycles. The van der Waals surface area contributed by atoms with Gasteiger partial charge in [0, 0.05) is 24.2 Å². The van der Waals surface area contributed by atoms with E-state index in [0.29, 0.717) is 17.0 Å². The van der Waals surface area contributed by atoms with Crippen molar-refractivity contribution in [1.82, 2.24) is 4.98 Å². The van der Waals surface area contributed by atoms with Gasteiger partial charge in [0.15, 0.2) is 6.61 Å². The summed E-state index contributed by atoms with van der Waals surface area (Å²) < 4.78 is 46.5. The van der Waals surface area contributed by atoms with Gasteiger partial charge in [-0.3, -0.25) is 4.79 Å². The first kappa shape index (κ1) is 23.5. The number of benzene rings is 3. The van der Waals surface area contributed by atoms with Crippen molar-refractivity contribution in [2.24, 2.45) is 0 Å². The highest BCUT2D eigenvalue weighted by Crippen LogP contribution is 2.29. The number of pyridine rings is 1. The molecule has 1 aliphatic rings. The van der Waals surface area contributed by atoms with E-state index in [2.05, 4.69) is 33.2 Å². The average Bonchev–Trinajstić information content (AvgIpc) is 2.87. The SMILES string of the molecule is O=C(COc1cccc2ccc(N3CCc4ccccc4C3)nc12)Nc1ccc(OC(F)(F)F)cc1. The van der Waals surface area contributed by atoms with Crippen LogP contribution in [0.2, 0.25) is 0 Å². The summed E-state index contributed by atoms with van der Waals surface area (Å²) in [4.78, 5) is 19.4. The minimum atomic E-state index is -4.77. The first-order valence-electron chi connectivity index (χ1n) is 11.3. The Morgan fingerprint density at radius 2 is 1.72 bits per heavy atom. The lowest BCUT2D eigenvalue weighted by atomic mass is 10.00. The number of carbonyl (C=O) groups excluding carboxylic acids is 1. The van der Waals surface area contributed by atoms with E-state index in [1.165, 1.54) is 23.3 Å². The highest BCUT2D eigenvalue weighted by atomic mass is 19.4. The van der Waals surface area contributed by atoms with Crippen molar-refractivity contribution in [3.63, 3.8) is 0 Å². The van der Waals surface area contributed by atoms with Crippen molar-refractivity contribution in [3.8, 4) is 11.5 Å². The van der Waals surface area contributed by atoms with Gasteiger partial charge in [-0.1, -0.05) is 36.4 Å². The molecule has 0 saturated carbocycles. The topological polar surface area (TPSA) is 63.7 Å². The van der Waals surface area contributed by atoms with Crippen LogP contribution in [0.4, 0.5) is 24.7 Å². The summed E-state index contributed by atoms with van der Waals surface area (Å²) in [5.74, 6) is 0.473. The number of ether oxygens (including phenoxy) is 2. The molecule has 0 aliphatic carbocycles. The number of nitrogens with zero attached hydrogens (tertiary/aromatic N) is 2. The predicted octanol–water partition coefficient (Wildman–Crippen LogP) is 5.71. The number of fused-ring (bicyclic) bond motifs is 2. The maximum Gasteiger partial charge on any atom is 0.573 e. The normalized spacial score (nSPS) is 13.2. The third kappa shape index (κ3) is 5.51. The molecule has 3 aromatic carbocycles.